The van der Waals surface area contributed by atoms with Gasteiger partial charge in [-0.3, -0.25) is 0 Å². The first kappa shape index (κ1) is 15.1. The van der Waals surface area contributed by atoms with E-state index in [4.69, 9.17) is 11.1 Å². The van der Waals surface area contributed by atoms with Crippen LogP contribution in [0, 0.1) is 0 Å². The minimum Gasteiger partial charge on any atom is -0.244 e. The van der Waals surface area contributed by atoms with Crippen LogP contribution in [0.5, 0.6) is 0 Å². The van der Waals surface area contributed by atoms with Gasteiger partial charge in [-0.15, -0.1) is 0 Å². The molecule has 0 spiro atoms. The number of benzene rings is 2. The second-order valence-electron chi connectivity index (χ2n) is 4.68. The molecule has 0 radical (unpaired) electrons. The molecule has 0 fully saturated rings. The van der Waals surface area contributed by atoms with Crippen molar-refractivity contribution in [2.75, 3.05) is 0 Å². The zero-order valence-electron chi connectivity index (χ0n) is 12.4. The van der Waals surface area contributed by atoms with Gasteiger partial charge in [0.05, 0.1) is 11.4 Å². The van der Waals surface area contributed by atoms with Crippen LogP contribution in [-0.2, 0) is 0 Å². The van der Waals surface area contributed by atoms with Crippen molar-refractivity contribution in [2.24, 2.45) is 10.2 Å². The quantitative estimate of drug-likeness (QED) is 0.348. The predicted molar refractivity (Wildman–Crippen MR) is 90.5 cm³/mol. The van der Waals surface area contributed by atoms with E-state index < -0.39 is 0 Å². The molecule has 0 saturated carbocycles. The Bertz CT molecular complexity index is 879. The van der Waals surface area contributed by atoms with Crippen molar-refractivity contribution in [2.45, 2.75) is 0 Å². The third kappa shape index (κ3) is 3.00. The van der Waals surface area contributed by atoms with E-state index in [0.29, 0.717) is 11.4 Å². The molecule has 0 aliphatic rings. The fourth-order valence-electron chi connectivity index (χ4n) is 2.22. The van der Waals surface area contributed by atoms with Gasteiger partial charge in [-0.1, -0.05) is 60.7 Å². The summed E-state index contributed by atoms with van der Waals surface area (Å²) in [5.41, 5.74) is 19.9. The topological polar surface area (TPSA) is 123 Å². The molecule has 3 aromatic rings. The average molecular weight is 314 g/mol. The first-order valence-electron chi connectivity index (χ1n) is 6.96. The molecule has 0 unspecified atom stereocenters. The fourth-order valence-corrected chi connectivity index (χ4v) is 2.22. The Kier molecular flexibility index (Phi) is 4.35. The summed E-state index contributed by atoms with van der Waals surface area (Å²) in [5, 5.41) is 7.17. The molecular formula is C16H10N8. The zero-order chi connectivity index (χ0) is 16.8. The largest absolute Gasteiger partial charge is 0.244 e. The van der Waals surface area contributed by atoms with Crippen molar-refractivity contribution >= 4 is 11.6 Å². The summed E-state index contributed by atoms with van der Waals surface area (Å²) in [7, 11) is 0. The van der Waals surface area contributed by atoms with E-state index >= 15 is 0 Å². The SMILES string of the molecule is [N-]=[N+]=Nc1nc(N=[N+]=[N-])c(-c2ccccc2)nc1-c1ccccc1. The molecule has 3 rings (SSSR count). The number of hydrogen-bond acceptors (Lipinski definition) is 4. The summed E-state index contributed by atoms with van der Waals surface area (Å²) >= 11 is 0. The number of hydrogen-bond donors (Lipinski definition) is 0. The highest BCUT2D eigenvalue weighted by Crippen LogP contribution is 2.35. The van der Waals surface area contributed by atoms with Gasteiger partial charge in [0.25, 0.3) is 0 Å². The number of rotatable bonds is 4. The molecule has 0 atom stereocenters. The minimum atomic E-state index is 0.0609. The lowest BCUT2D eigenvalue weighted by atomic mass is 10.1. The molecule has 0 saturated heterocycles. The van der Waals surface area contributed by atoms with Gasteiger partial charge in [-0.25, -0.2) is 9.97 Å². The van der Waals surface area contributed by atoms with Crippen LogP contribution in [0.1, 0.15) is 0 Å². The third-order valence-electron chi connectivity index (χ3n) is 3.23. The molecule has 24 heavy (non-hydrogen) atoms. The smallest absolute Gasteiger partial charge is 0.153 e. The molecule has 0 bridgehead atoms. The Morgan fingerprint density at radius 1 is 0.625 bits per heavy atom. The van der Waals surface area contributed by atoms with Crippen molar-refractivity contribution in [3.8, 4) is 22.5 Å². The van der Waals surface area contributed by atoms with Gasteiger partial charge in [0.2, 0.25) is 0 Å². The molecular weight excluding hydrogens is 304 g/mol. The Morgan fingerprint density at radius 2 is 1.04 bits per heavy atom. The zero-order valence-corrected chi connectivity index (χ0v) is 12.4. The van der Waals surface area contributed by atoms with E-state index in [2.05, 4.69) is 30.0 Å². The minimum absolute atomic E-state index is 0.0609. The summed E-state index contributed by atoms with van der Waals surface area (Å²) in [6, 6.07) is 18.5. The molecule has 1 heterocycles. The second-order valence-corrected chi connectivity index (χ2v) is 4.68. The second kappa shape index (κ2) is 6.93. The summed E-state index contributed by atoms with van der Waals surface area (Å²) in [6.07, 6.45) is 0. The van der Waals surface area contributed by atoms with Crippen LogP contribution < -0.4 is 0 Å². The van der Waals surface area contributed by atoms with Crippen molar-refractivity contribution < 1.29 is 0 Å². The Labute approximate surface area is 136 Å². The molecule has 1 aromatic heterocycles. The summed E-state index contributed by atoms with van der Waals surface area (Å²) in [5.74, 6) is 0.122. The highest BCUT2D eigenvalue weighted by Gasteiger charge is 2.15. The Morgan fingerprint density at radius 3 is 1.42 bits per heavy atom. The molecule has 0 N–H and O–H groups in total. The van der Waals surface area contributed by atoms with Crippen molar-refractivity contribution in [1.82, 2.24) is 9.97 Å². The third-order valence-corrected chi connectivity index (χ3v) is 3.23. The highest BCUT2D eigenvalue weighted by molar-refractivity contribution is 5.78. The summed E-state index contributed by atoms with van der Waals surface area (Å²) in [6.45, 7) is 0. The lowest BCUT2D eigenvalue weighted by Crippen LogP contribution is -1.93. The van der Waals surface area contributed by atoms with Crippen LogP contribution in [-0.4, -0.2) is 9.97 Å². The van der Waals surface area contributed by atoms with Crippen LogP contribution in [0.3, 0.4) is 0 Å². The predicted octanol–water partition coefficient (Wildman–Crippen LogP) is 5.69. The first-order valence-corrected chi connectivity index (χ1v) is 6.96. The van der Waals surface area contributed by atoms with Crippen LogP contribution in [0.15, 0.2) is 70.9 Å². The van der Waals surface area contributed by atoms with E-state index in [1.165, 1.54) is 0 Å². The Balaban J connectivity index is 2.32. The molecule has 0 aliphatic carbocycles. The first-order chi connectivity index (χ1) is 11.8. The Hall–Kier alpha value is -3.86. The van der Waals surface area contributed by atoms with Crippen LogP contribution in [0.4, 0.5) is 11.6 Å². The number of aromatic nitrogens is 2. The molecule has 0 aliphatic heterocycles. The van der Waals surface area contributed by atoms with Crippen molar-refractivity contribution in [3.05, 3.63) is 81.5 Å². The van der Waals surface area contributed by atoms with E-state index in [0.717, 1.165) is 11.1 Å². The molecule has 2 aromatic carbocycles. The fraction of sp³-hybridized carbons (Fsp3) is 0. The highest BCUT2D eigenvalue weighted by atomic mass is 15.2. The lowest BCUT2D eigenvalue weighted by molar-refractivity contribution is 1.15. The van der Waals surface area contributed by atoms with Crippen LogP contribution in [0.25, 0.3) is 43.4 Å². The number of azide groups is 2. The molecule has 114 valence electrons. The molecule has 8 nitrogen and oxygen atoms in total. The molecule has 0 amide bonds. The lowest BCUT2D eigenvalue weighted by Gasteiger charge is -2.10. The van der Waals surface area contributed by atoms with Gasteiger partial charge in [-0.2, -0.15) is 0 Å². The molecule has 8 heteroatoms. The van der Waals surface area contributed by atoms with Crippen LogP contribution in [0.2, 0.25) is 0 Å². The van der Waals surface area contributed by atoms with Gasteiger partial charge >= 0.3 is 0 Å². The maximum atomic E-state index is 8.79. The normalized spacial score (nSPS) is 9.67. The standard InChI is InChI=1S/C16H10N8/c17-23-21-15-13(11-7-3-1-4-8-11)19-14(16(20-15)22-24-18)12-9-5-2-6-10-12/h1-10H. The van der Waals surface area contributed by atoms with E-state index in [1.807, 2.05) is 60.7 Å². The van der Waals surface area contributed by atoms with Gasteiger partial charge in [0.1, 0.15) is 0 Å². The summed E-state index contributed by atoms with van der Waals surface area (Å²) < 4.78 is 0. The maximum Gasteiger partial charge on any atom is 0.153 e. The summed E-state index contributed by atoms with van der Waals surface area (Å²) in [4.78, 5) is 14.3. The van der Waals surface area contributed by atoms with E-state index in [-0.39, 0.29) is 11.6 Å². The van der Waals surface area contributed by atoms with Crippen molar-refractivity contribution in [1.29, 1.82) is 0 Å². The number of nitrogens with zero attached hydrogens (tertiary/aromatic N) is 8. The van der Waals surface area contributed by atoms with Gasteiger partial charge < -0.3 is 0 Å². The van der Waals surface area contributed by atoms with E-state index in [1.54, 1.807) is 0 Å². The average Bonchev–Trinajstić information content (AvgIpc) is 2.64. The van der Waals surface area contributed by atoms with Crippen LogP contribution >= 0.6 is 0 Å². The van der Waals surface area contributed by atoms with Gasteiger partial charge in [-0.05, 0) is 21.3 Å². The monoisotopic (exact) mass is 314 g/mol. The van der Waals surface area contributed by atoms with Crippen molar-refractivity contribution in [3.63, 3.8) is 0 Å². The van der Waals surface area contributed by atoms with Gasteiger partial charge in [0.15, 0.2) is 11.6 Å². The maximum absolute atomic E-state index is 8.79. The van der Waals surface area contributed by atoms with E-state index in [9.17, 15) is 0 Å². The van der Waals surface area contributed by atoms with Gasteiger partial charge in [0, 0.05) is 21.0 Å².